The minimum Gasteiger partial charge on any atom is -0.377 e. The lowest BCUT2D eigenvalue weighted by Crippen LogP contribution is -2.44. The first-order chi connectivity index (χ1) is 9.74. The lowest BCUT2D eigenvalue weighted by atomic mass is 10.0. The zero-order valence-electron chi connectivity index (χ0n) is 12.2. The molecule has 1 fully saturated rings. The molecule has 1 heterocycles. The smallest absolute Gasteiger partial charge is 0.123 e. The van der Waals surface area contributed by atoms with Crippen LogP contribution >= 0.6 is 0 Å². The van der Waals surface area contributed by atoms with Crippen molar-refractivity contribution < 1.29 is 9.13 Å². The predicted molar refractivity (Wildman–Crippen MR) is 79.0 cm³/mol. The summed E-state index contributed by atoms with van der Waals surface area (Å²) in [5.74, 6) is -0.202. The van der Waals surface area contributed by atoms with Crippen LogP contribution in [0.25, 0.3) is 0 Å². The van der Waals surface area contributed by atoms with Gasteiger partial charge in [0.05, 0.1) is 6.10 Å². The highest BCUT2D eigenvalue weighted by atomic mass is 19.1. The first-order valence-corrected chi connectivity index (χ1v) is 7.55. The highest BCUT2D eigenvalue weighted by molar-refractivity contribution is 5.20. The van der Waals surface area contributed by atoms with Gasteiger partial charge in [-0.3, -0.25) is 4.90 Å². The standard InChI is InChI=1S/C16H25FN2O/c1-2-10-20-15-4-3-9-19(12-15)16(11-18)13-5-7-14(17)8-6-13/h5-8,15-16H,2-4,9-12,18H2,1H3. The fraction of sp³-hybridized carbons (Fsp3) is 0.625. The number of likely N-dealkylation sites (tertiary alicyclic amines) is 1. The van der Waals surface area contributed by atoms with Gasteiger partial charge < -0.3 is 10.5 Å². The number of rotatable bonds is 6. The minimum atomic E-state index is -0.202. The molecule has 112 valence electrons. The molecule has 1 aliphatic rings. The van der Waals surface area contributed by atoms with Crippen LogP contribution in [0.3, 0.4) is 0 Å². The van der Waals surface area contributed by atoms with Crippen molar-refractivity contribution in [3.05, 3.63) is 35.6 Å². The Morgan fingerprint density at radius 1 is 1.40 bits per heavy atom. The first kappa shape index (κ1) is 15.4. The number of piperidine rings is 1. The number of nitrogens with zero attached hydrogens (tertiary/aromatic N) is 1. The lowest BCUT2D eigenvalue weighted by Gasteiger charge is -2.38. The third-order valence-electron chi connectivity index (χ3n) is 3.89. The Labute approximate surface area is 120 Å². The third-order valence-corrected chi connectivity index (χ3v) is 3.89. The summed E-state index contributed by atoms with van der Waals surface area (Å²) in [6.07, 6.45) is 3.61. The zero-order valence-corrected chi connectivity index (χ0v) is 12.2. The van der Waals surface area contributed by atoms with E-state index in [1.165, 1.54) is 12.1 Å². The number of hydrogen-bond acceptors (Lipinski definition) is 3. The SMILES string of the molecule is CCCOC1CCCN(C(CN)c2ccc(F)cc2)C1. The molecular formula is C16H25FN2O. The van der Waals surface area contributed by atoms with E-state index in [2.05, 4.69) is 11.8 Å². The molecule has 0 bridgehead atoms. The lowest BCUT2D eigenvalue weighted by molar-refractivity contribution is -0.0118. The van der Waals surface area contributed by atoms with Gasteiger partial charge in [-0.25, -0.2) is 4.39 Å². The Kier molecular flexibility index (Phi) is 5.95. The molecule has 2 unspecified atom stereocenters. The molecule has 0 aromatic heterocycles. The summed E-state index contributed by atoms with van der Waals surface area (Å²) in [4.78, 5) is 2.37. The van der Waals surface area contributed by atoms with E-state index in [1.807, 2.05) is 12.1 Å². The first-order valence-electron chi connectivity index (χ1n) is 7.55. The van der Waals surface area contributed by atoms with Crippen LogP contribution < -0.4 is 5.73 Å². The summed E-state index contributed by atoms with van der Waals surface area (Å²) >= 11 is 0. The Bertz CT molecular complexity index is 396. The second-order valence-corrected chi connectivity index (χ2v) is 5.43. The molecule has 3 nitrogen and oxygen atoms in total. The van der Waals surface area contributed by atoms with Gasteiger partial charge in [0.1, 0.15) is 5.82 Å². The summed E-state index contributed by atoms with van der Waals surface area (Å²) in [7, 11) is 0. The summed E-state index contributed by atoms with van der Waals surface area (Å²) in [5.41, 5.74) is 7.03. The third kappa shape index (κ3) is 4.01. The fourth-order valence-electron chi connectivity index (χ4n) is 2.85. The molecular weight excluding hydrogens is 255 g/mol. The maximum atomic E-state index is 13.0. The summed E-state index contributed by atoms with van der Waals surface area (Å²) in [6, 6.07) is 6.84. The van der Waals surface area contributed by atoms with E-state index >= 15 is 0 Å². The van der Waals surface area contributed by atoms with Gasteiger partial charge in [0.2, 0.25) is 0 Å². The van der Waals surface area contributed by atoms with E-state index in [-0.39, 0.29) is 11.9 Å². The van der Waals surface area contributed by atoms with Gasteiger partial charge in [0.25, 0.3) is 0 Å². The van der Waals surface area contributed by atoms with Crippen molar-refractivity contribution in [1.82, 2.24) is 4.90 Å². The molecule has 0 saturated carbocycles. The molecule has 2 N–H and O–H groups in total. The van der Waals surface area contributed by atoms with Crippen molar-refractivity contribution in [3.63, 3.8) is 0 Å². The van der Waals surface area contributed by atoms with E-state index in [0.29, 0.717) is 12.6 Å². The summed E-state index contributed by atoms with van der Waals surface area (Å²) in [5, 5.41) is 0. The van der Waals surface area contributed by atoms with Crippen molar-refractivity contribution in [3.8, 4) is 0 Å². The monoisotopic (exact) mass is 280 g/mol. The number of benzene rings is 1. The molecule has 2 atom stereocenters. The van der Waals surface area contributed by atoms with Gasteiger partial charge in [0, 0.05) is 25.7 Å². The van der Waals surface area contributed by atoms with Crippen LogP contribution in [0.15, 0.2) is 24.3 Å². The molecule has 1 aromatic rings. The van der Waals surface area contributed by atoms with Crippen LogP contribution in [0.5, 0.6) is 0 Å². The molecule has 1 aliphatic heterocycles. The van der Waals surface area contributed by atoms with Crippen LogP contribution in [-0.2, 0) is 4.74 Å². The quantitative estimate of drug-likeness (QED) is 0.870. The number of nitrogens with two attached hydrogens (primary N) is 1. The predicted octanol–water partition coefficient (Wildman–Crippen LogP) is 2.72. The molecule has 1 aromatic carbocycles. The van der Waals surface area contributed by atoms with Gasteiger partial charge in [-0.15, -0.1) is 0 Å². The fourth-order valence-corrected chi connectivity index (χ4v) is 2.85. The Balaban J connectivity index is 2.01. The van der Waals surface area contributed by atoms with Crippen LogP contribution in [0, 0.1) is 5.82 Å². The molecule has 2 rings (SSSR count). The minimum absolute atomic E-state index is 0.156. The second kappa shape index (κ2) is 7.72. The largest absolute Gasteiger partial charge is 0.377 e. The van der Waals surface area contributed by atoms with E-state index in [4.69, 9.17) is 10.5 Å². The van der Waals surface area contributed by atoms with Gasteiger partial charge in [-0.05, 0) is 43.5 Å². The van der Waals surface area contributed by atoms with Crippen molar-refractivity contribution in [1.29, 1.82) is 0 Å². The Morgan fingerprint density at radius 3 is 2.80 bits per heavy atom. The molecule has 1 saturated heterocycles. The number of ether oxygens (including phenoxy) is 1. The van der Waals surface area contributed by atoms with Gasteiger partial charge >= 0.3 is 0 Å². The average molecular weight is 280 g/mol. The molecule has 0 radical (unpaired) electrons. The van der Waals surface area contributed by atoms with Crippen LogP contribution in [-0.4, -0.2) is 37.2 Å². The summed E-state index contributed by atoms with van der Waals surface area (Å²) < 4.78 is 18.9. The highest BCUT2D eigenvalue weighted by Gasteiger charge is 2.26. The van der Waals surface area contributed by atoms with Crippen molar-refractivity contribution in [2.45, 2.75) is 38.3 Å². The van der Waals surface area contributed by atoms with Gasteiger partial charge in [0.15, 0.2) is 0 Å². The molecule has 20 heavy (non-hydrogen) atoms. The Hall–Kier alpha value is -0.970. The Morgan fingerprint density at radius 2 is 2.15 bits per heavy atom. The van der Waals surface area contributed by atoms with E-state index in [0.717, 1.165) is 44.5 Å². The van der Waals surface area contributed by atoms with Crippen LogP contribution in [0.1, 0.15) is 37.8 Å². The summed E-state index contributed by atoms with van der Waals surface area (Å²) in [6.45, 7) is 5.45. The topological polar surface area (TPSA) is 38.5 Å². The molecule has 0 spiro atoms. The normalized spacial score (nSPS) is 21.9. The van der Waals surface area contributed by atoms with E-state index < -0.39 is 0 Å². The maximum Gasteiger partial charge on any atom is 0.123 e. The van der Waals surface area contributed by atoms with E-state index in [9.17, 15) is 4.39 Å². The number of hydrogen-bond donors (Lipinski definition) is 1. The van der Waals surface area contributed by atoms with Crippen molar-refractivity contribution >= 4 is 0 Å². The number of halogens is 1. The van der Waals surface area contributed by atoms with Gasteiger partial charge in [-0.1, -0.05) is 19.1 Å². The molecule has 0 aliphatic carbocycles. The highest BCUT2D eigenvalue weighted by Crippen LogP contribution is 2.25. The zero-order chi connectivity index (χ0) is 14.4. The molecule has 0 amide bonds. The average Bonchev–Trinajstić information content (AvgIpc) is 2.48. The second-order valence-electron chi connectivity index (χ2n) is 5.43. The van der Waals surface area contributed by atoms with Crippen molar-refractivity contribution in [2.24, 2.45) is 5.73 Å². The molecule has 4 heteroatoms. The van der Waals surface area contributed by atoms with Gasteiger partial charge in [-0.2, -0.15) is 0 Å². The van der Waals surface area contributed by atoms with Crippen LogP contribution in [0.4, 0.5) is 4.39 Å². The van der Waals surface area contributed by atoms with Crippen LogP contribution in [0.2, 0.25) is 0 Å². The maximum absolute atomic E-state index is 13.0. The van der Waals surface area contributed by atoms with E-state index in [1.54, 1.807) is 0 Å². The van der Waals surface area contributed by atoms with Crippen molar-refractivity contribution in [2.75, 3.05) is 26.2 Å².